The van der Waals surface area contributed by atoms with Gasteiger partial charge >= 0.3 is 0 Å². The van der Waals surface area contributed by atoms with E-state index in [4.69, 9.17) is 11.6 Å². The number of amides is 1. The van der Waals surface area contributed by atoms with Gasteiger partial charge in [-0.1, -0.05) is 23.7 Å². The highest BCUT2D eigenvalue weighted by atomic mass is 79.9. The van der Waals surface area contributed by atoms with Gasteiger partial charge in [0.15, 0.2) is 5.82 Å². The van der Waals surface area contributed by atoms with E-state index in [2.05, 4.69) is 31.4 Å². The molecular formula is C17H17BrClN5O. The second kappa shape index (κ2) is 7.01. The Morgan fingerprint density at radius 2 is 2.16 bits per heavy atom. The summed E-state index contributed by atoms with van der Waals surface area (Å²) in [6.45, 7) is 4.17. The van der Waals surface area contributed by atoms with Crippen molar-refractivity contribution in [1.29, 1.82) is 0 Å². The molecule has 3 aromatic rings. The Morgan fingerprint density at radius 1 is 1.36 bits per heavy atom. The molecule has 0 unspecified atom stereocenters. The lowest BCUT2D eigenvalue weighted by atomic mass is 10.1. The first-order chi connectivity index (χ1) is 11.8. The lowest BCUT2D eigenvalue weighted by Gasteiger charge is -2.23. The molecule has 0 fully saturated rings. The van der Waals surface area contributed by atoms with Crippen LogP contribution in [-0.4, -0.2) is 25.5 Å². The Bertz CT molecular complexity index is 902. The molecule has 1 aromatic carbocycles. The van der Waals surface area contributed by atoms with E-state index in [0.29, 0.717) is 17.4 Å². The van der Waals surface area contributed by atoms with Gasteiger partial charge in [0.1, 0.15) is 5.54 Å². The number of carbonyl (C=O) groups is 1. The fraction of sp³-hybridized carbons (Fsp3) is 0.235. The molecule has 0 atom stereocenters. The highest BCUT2D eigenvalue weighted by Crippen LogP contribution is 2.20. The Hall–Kier alpha value is -2.12. The summed E-state index contributed by atoms with van der Waals surface area (Å²) in [7, 11) is 0. The van der Waals surface area contributed by atoms with Crippen LogP contribution in [0.2, 0.25) is 5.02 Å². The molecule has 1 N–H and O–H groups in total. The Kier molecular flexibility index (Phi) is 4.96. The van der Waals surface area contributed by atoms with Crippen LogP contribution in [0.15, 0.2) is 53.4 Å². The van der Waals surface area contributed by atoms with Crippen LogP contribution in [-0.2, 0) is 16.9 Å². The predicted octanol–water partition coefficient (Wildman–Crippen LogP) is 3.92. The van der Waals surface area contributed by atoms with E-state index >= 15 is 0 Å². The Balaban J connectivity index is 1.69. The molecule has 0 radical (unpaired) electrons. The molecule has 1 amide bonds. The number of hydrogen-bond donors (Lipinski definition) is 1. The summed E-state index contributed by atoms with van der Waals surface area (Å²) in [6, 6.07) is 9.35. The molecule has 0 aliphatic carbocycles. The van der Waals surface area contributed by atoms with Gasteiger partial charge in [0.25, 0.3) is 5.91 Å². The fourth-order valence-electron chi connectivity index (χ4n) is 2.32. The summed E-state index contributed by atoms with van der Waals surface area (Å²) in [5.41, 5.74) is 0.193. The quantitative estimate of drug-likeness (QED) is 0.678. The summed E-state index contributed by atoms with van der Waals surface area (Å²) in [4.78, 5) is 12.6. The van der Waals surface area contributed by atoms with E-state index in [-0.39, 0.29) is 5.91 Å². The minimum absolute atomic E-state index is 0.198. The van der Waals surface area contributed by atoms with E-state index in [0.717, 1.165) is 10.0 Å². The van der Waals surface area contributed by atoms with Crippen molar-refractivity contribution >= 4 is 39.3 Å². The molecule has 0 aliphatic rings. The molecular weight excluding hydrogens is 406 g/mol. The number of hydrogen-bond acceptors (Lipinski definition) is 3. The second-order valence-corrected chi connectivity index (χ2v) is 7.50. The molecule has 2 aromatic heterocycles. The molecule has 0 bridgehead atoms. The van der Waals surface area contributed by atoms with E-state index < -0.39 is 5.54 Å². The van der Waals surface area contributed by atoms with Crippen LogP contribution in [0, 0.1) is 0 Å². The maximum atomic E-state index is 12.6. The van der Waals surface area contributed by atoms with Crippen molar-refractivity contribution in [2.24, 2.45) is 0 Å². The maximum absolute atomic E-state index is 12.6. The second-order valence-electron chi connectivity index (χ2n) is 6.14. The lowest BCUT2D eigenvalue weighted by Crippen LogP contribution is -2.40. The zero-order valence-electron chi connectivity index (χ0n) is 13.8. The first kappa shape index (κ1) is 17.7. The molecule has 0 spiro atoms. The largest absolute Gasteiger partial charge is 0.307 e. The summed E-state index contributed by atoms with van der Waals surface area (Å²) in [5, 5.41) is 12.1. The normalized spacial score (nSPS) is 11.5. The number of benzene rings is 1. The minimum atomic E-state index is -0.844. The average molecular weight is 423 g/mol. The number of nitrogens with zero attached hydrogens (tertiary/aromatic N) is 4. The highest BCUT2D eigenvalue weighted by molar-refractivity contribution is 9.10. The molecule has 0 saturated heterocycles. The molecule has 6 nitrogen and oxygen atoms in total. The molecule has 0 saturated carbocycles. The van der Waals surface area contributed by atoms with Gasteiger partial charge in [-0.3, -0.25) is 14.2 Å². The first-order valence-corrected chi connectivity index (χ1v) is 8.82. The summed E-state index contributed by atoms with van der Waals surface area (Å²) < 4.78 is 4.17. The predicted molar refractivity (Wildman–Crippen MR) is 101 cm³/mol. The molecule has 2 heterocycles. The van der Waals surface area contributed by atoms with E-state index in [1.165, 1.54) is 0 Å². The minimum Gasteiger partial charge on any atom is -0.307 e. The van der Waals surface area contributed by atoms with Crippen molar-refractivity contribution in [1.82, 2.24) is 19.6 Å². The molecule has 3 rings (SSSR count). The third-order valence-corrected chi connectivity index (χ3v) is 4.44. The van der Waals surface area contributed by atoms with Gasteiger partial charge in [-0.25, -0.2) is 0 Å². The smallest absolute Gasteiger partial charge is 0.252 e. The number of nitrogens with one attached hydrogen (secondary N) is 1. The van der Waals surface area contributed by atoms with Crippen molar-refractivity contribution in [3.63, 3.8) is 0 Å². The molecule has 0 aliphatic heterocycles. The standard InChI is InChI=1S/C17H17BrClN5O/c1-17(2,24-11-13(18)9-20-24)16(25)21-15-6-7-23(22-15)10-12-4-3-5-14(19)8-12/h3-9,11H,10H2,1-2H3,(H,21,22,25). The fourth-order valence-corrected chi connectivity index (χ4v) is 2.82. The summed E-state index contributed by atoms with van der Waals surface area (Å²) in [5.74, 6) is 0.294. The molecule has 25 heavy (non-hydrogen) atoms. The van der Waals surface area contributed by atoms with Crippen LogP contribution in [0.25, 0.3) is 0 Å². The van der Waals surface area contributed by atoms with Crippen LogP contribution in [0.1, 0.15) is 19.4 Å². The topological polar surface area (TPSA) is 64.7 Å². The SMILES string of the molecule is CC(C)(C(=O)Nc1ccn(Cc2cccc(Cl)c2)n1)n1cc(Br)cn1. The van der Waals surface area contributed by atoms with E-state index in [1.54, 1.807) is 41.7 Å². The number of rotatable bonds is 5. The van der Waals surface area contributed by atoms with Gasteiger partial charge in [0.05, 0.1) is 17.2 Å². The van der Waals surface area contributed by atoms with Crippen molar-refractivity contribution in [3.8, 4) is 0 Å². The number of halogens is 2. The highest BCUT2D eigenvalue weighted by Gasteiger charge is 2.31. The van der Waals surface area contributed by atoms with Crippen LogP contribution in [0.3, 0.4) is 0 Å². The van der Waals surface area contributed by atoms with Gasteiger partial charge in [-0.15, -0.1) is 0 Å². The summed E-state index contributed by atoms with van der Waals surface area (Å²) >= 11 is 9.34. The van der Waals surface area contributed by atoms with E-state index in [9.17, 15) is 4.79 Å². The third kappa shape index (κ3) is 4.11. The third-order valence-electron chi connectivity index (χ3n) is 3.80. The monoisotopic (exact) mass is 421 g/mol. The molecule has 130 valence electrons. The molecule has 8 heteroatoms. The van der Waals surface area contributed by atoms with Crippen LogP contribution in [0.4, 0.5) is 5.82 Å². The van der Waals surface area contributed by atoms with Crippen molar-refractivity contribution in [2.45, 2.75) is 25.9 Å². The van der Waals surface area contributed by atoms with Crippen LogP contribution >= 0.6 is 27.5 Å². The lowest BCUT2D eigenvalue weighted by molar-refractivity contribution is -0.123. The number of aromatic nitrogens is 4. The van der Waals surface area contributed by atoms with Crippen molar-refractivity contribution in [3.05, 3.63) is 64.0 Å². The maximum Gasteiger partial charge on any atom is 0.252 e. The Labute approximate surface area is 158 Å². The number of anilines is 1. The van der Waals surface area contributed by atoms with Gasteiger partial charge in [0.2, 0.25) is 0 Å². The van der Waals surface area contributed by atoms with Gasteiger partial charge in [0, 0.05) is 23.5 Å². The number of carbonyl (C=O) groups excluding carboxylic acids is 1. The first-order valence-electron chi connectivity index (χ1n) is 7.64. The zero-order valence-corrected chi connectivity index (χ0v) is 16.1. The zero-order chi connectivity index (χ0) is 18.0. The van der Waals surface area contributed by atoms with E-state index in [1.807, 2.05) is 30.5 Å². The van der Waals surface area contributed by atoms with Gasteiger partial charge in [-0.05, 0) is 47.5 Å². The Morgan fingerprint density at radius 3 is 2.84 bits per heavy atom. The summed E-state index contributed by atoms with van der Waals surface area (Å²) in [6.07, 6.45) is 5.22. The average Bonchev–Trinajstić information content (AvgIpc) is 3.17. The van der Waals surface area contributed by atoms with Crippen molar-refractivity contribution in [2.75, 3.05) is 5.32 Å². The van der Waals surface area contributed by atoms with Crippen molar-refractivity contribution < 1.29 is 4.79 Å². The van der Waals surface area contributed by atoms with Gasteiger partial charge in [-0.2, -0.15) is 10.2 Å². The van der Waals surface area contributed by atoms with Crippen LogP contribution in [0.5, 0.6) is 0 Å². The van der Waals surface area contributed by atoms with Crippen LogP contribution < -0.4 is 5.32 Å². The van der Waals surface area contributed by atoms with Gasteiger partial charge < -0.3 is 5.32 Å².